The minimum Gasteiger partial charge on any atom is -0.208 e. The summed E-state index contributed by atoms with van der Waals surface area (Å²) in [6.45, 7) is 0. The number of benzene rings is 7. The van der Waals surface area contributed by atoms with E-state index < -0.39 is 0 Å². The molecule has 0 amide bonds. The molecule has 2 aromatic heterocycles. The first-order valence-electron chi connectivity index (χ1n) is 16.4. The molecule has 0 N–H and O–H groups in total. The number of hydrogen-bond donors (Lipinski definition) is 0. The summed E-state index contributed by atoms with van der Waals surface area (Å²) in [5, 5.41) is 2.47. The Morgan fingerprint density at radius 2 is 0.735 bits per heavy atom. The van der Waals surface area contributed by atoms with Crippen LogP contribution < -0.4 is 0 Å². The van der Waals surface area contributed by atoms with Gasteiger partial charge >= 0.3 is 0 Å². The molecular formula is C45H29N3S. The highest BCUT2D eigenvalue weighted by molar-refractivity contribution is 7.26. The summed E-state index contributed by atoms with van der Waals surface area (Å²) in [7, 11) is 0. The summed E-state index contributed by atoms with van der Waals surface area (Å²) < 4.78 is 2.43. The third-order valence-corrected chi connectivity index (χ3v) is 10.2. The highest BCUT2D eigenvalue weighted by Gasteiger charge is 2.18. The standard InChI is InChI=1S/C45H29N3S/c1-3-12-30(13-4-1)31-22-24-32(25-23-31)33-26-28-35(29-27-33)43-46-44(39-18-8-7-16-36(39)34-14-5-2-6-15-34)48-45(47-43)40-20-11-19-38-37-17-9-10-21-41(37)49-42(38)40/h1-29H. The second-order valence-corrected chi connectivity index (χ2v) is 13.1. The molecule has 49 heavy (non-hydrogen) atoms. The highest BCUT2D eigenvalue weighted by Crippen LogP contribution is 2.40. The van der Waals surface area contributed by atoms with Crippen LogP contribution in [0.3, 0.4) is 0 Å². The van der Waals surface area contributed by atoms with E-state index in [1.54, 1.807) is 11.3 Å². The van der Waals surface area contributed by atoms with Gasteiger partial charge in [-0.15, -0.1) is 11.3 Å². The SMILES string of the molecule is c1ccc(-c2ccc(-c3ccc(-c4nc(-c5ccccc5-c5ccccc5)nc(-c5cccc6c5sc5ccccc56)n4)cc3)cc2)cc1. The van der Waals surface area contributed by atoms with Crippen LogP contribution in [0.2, 0.25) is 0 Å². The molecule has 0 bridgehead atoms. The maximum Gasteiger partial charge on any atom is 0.165 e. The van der Waals surface area contributed by atoms with E-state index in [0.717, 1.165) is 38.9 Å². The second kappa shape index (κ2) is 12.4. The molecule has 3 nitrogen and oxygen atoms in total. The van der Waals surface area contributed by atoms with Gasteiger partial charge in [0, 0.05) is 36.9 Å². The van der Waals surface area contributed by atoms with Gasteiger partial charge in [-0.1, -0.05) is 164 Å². The van der Waals surface area contributed by atoms with Gasteiger partial charge in [0.15, 0.2) is 17.5 Å². The van der Waals surface area contributed by atoms with Crippen molar-refractivity contribution in [3.63, 3.8) is 0 Å². The predicted octanol–water partition coefficient (Wildman–Crippen LogP) is 12.2. The lowest BCUT2D eigenvalue weighted by molar-refractivity contribution is 1.08. The van der Waals surface area contributed by atoms with Crippen LogP contribution in [-0.4, -0.2) is 15.0 Å². The van der Waals surface area contributed by atoms with Crippen molar-refractivity contribution < 1.29 is 0 Å². The van der Waals surface area contributed by atoms with Gasteiger partial charge in [-0.3, -0.25) is 0 Å². The number of aromatic nitrogens is 3. The fraction of sp³-hybridized carbons (Fsp3) is 0. The Hall–Kier alpha value is -6.23. The van der Waals surface area contributed by atoms with E-state index in [2.05, 4.69) is 164 Å². The summed E-state index contributed by atoms with van der Waals surface area (Å²) in [6.07, 6.45) is 0. The van der Waals surface area contributed by atoms with Crippen LogP contribution in [0.5, 0.6) is 0 Å². The van der Waals surface area contributed by atoms with E-state index in [9.17, 15) is 0 Å². The molecule has 7 aromatic carbocycles. The smallest absolute Gasteiger partial charge is 0.165 e. The van der Waals surface area contributed by atoms with Crippen LogP contribution in [0.4, 0.5) is 0 Å². The number of thiophene rings is 1. The van der Waals surface area contributed by atoms with Crippen LogP contribution in [0.1, 0.15) is 0 Å². The van der Waals surface area contributed by atoms with Gasteiger partial charge in [0.05, 0.1) is 0 Å². The maximum absolute atomic E-state index is 5.19. The molecule has 4 heteroatoms. The molecule has 0 unspecified atom stereocenters. The topological polar surface area (TPSA) is 38.7 Å². The molecule has 0 aliphatic rings. The Bertz CT molecular complexity index is 2570. The van der Waals surface area contributed by atoms with Crippen molar-refractivity contribution in [2.24, 2.45) is 0 Å². The Labute approximate surface area is 288 Å². The van der Waals surface area contributed by atoms with Crippen LogP contribution in [0.25, 0.3) is 87.7 Å². The van der Waals surface area contributed by atoms with Crippen molar-refractivity contribution in [1.82, 2.24) is 15.0 Å². The molecule has 0 fully saturated rings. The lowest BCUT2D eigenvalue weighted by Gasteiger charge is -2.12. The highest BCUT2D eigenvalue weighted by atomic mass is 32.1. The van der Waals surface area contributed by atoms with Gasteiger partial charge in [0.25, 0.3) is 0 Å². The summed E-state index contributed by atoms with van der Waals surface area (Å²) >= 11 is 1.79. The molecule has 0 saturated heterocycles. The van der Waals surface area contributed by atoms with E-state index >= 15 is 0 Å². The zero-order valence-corrected chi connectivity index (χ0v) is 27.3. The zero-order valence-electron chi connectivity index (χ0n) is 26.5. The number of fused-ring (bicyclic) bond motifs is 3. The van der Waals surface area contributed by atoms with E-state index in [-0.39, 0.29) is 0 Å². The molecule has 9 aromatic rings. The second-order valence-electron chi connectivity index (χ2n) is 12.0. The molecule has 0 aliphatic heterocycles. The van der Waals surface area contributed by atoms with Crippen molar-refractivity contribution in [2.45, 2.75) is 0 Å². The third-order valence-electron chi connectivity index (χ3n) is 9.00. The van der Waals surface area contributed by atoms with Crippen molar-refractivity contribution in [3.8, 4) is 67.5 Å². The first-order chi connectivity index (χ1) is 24.3. The molecule has 9 rings (SSSR count). The summed E-state index contributed by atoms with van der Waals surface area (Å²) in [5.74, 6) is 1.96. The van der Waals surface area contributed by atoms with Gasteiger partial charge in [-0.25, -0.2) is 15.0 Å². The minimum atomic E-state index is 0.645. The molecule has 2 heterocycles. The van der Waals surface area contributed by atoms with Crippen molar-refractivity contribution in [2.75, 3.05) is 0 Å². The fourth-order valence-corrected chi connectivity index (χ4v) is 7.73. The first-order valence-corrected chi connectivity index (χ1v) is 17.2. The van der Waals surface area contributed by atoms with Gasteiger partial charge < -0.3 is 0 Å². The third kappa shape index (κ3) is 5.48. The molecule has 0 aliphatic carbocycles. The van der Waals surface area contributed by atoms with Crippen LogP contribution in [0, 0.1) is 0 Å². The quantitative estimate of drug-likeness (QED) is 0.181. The summed E-state index contributed by atoms with van der Waals surface area (Å²) in [5.41, 5.74) is 9.85. The van der Waals surface area contributed by atoms with Gasteiger partial charge in [0.2, 0.25) is 0 Å². The molecule has 230 valence electrons. The van der Waals surface area contributed by atoms with E-state index in [1.807, 2.05) is 12.1 Å². The average Bonchev–Trinajstić information content (AvgIpc) is 3.58. The van der Waals surface area contributed by atoms with E-state index in [4.69, 9.17) is 15.0 Å². The lowest BCUT2D eigenvalue weighted by atomic mass is 9.99. The Kier molecular flexibility index (Phi) is 7.34. The molecule has 0 atom stereocenters. The van der Waals surface area contributed by atoms with Gasteiger partial charge in [-0.05, 0) is 45.5 Å². The maximum atomic E-state index is 5.19. The molecular weight excluding hydrogens is 615 g/mol. The van der Waals surface area contributed by atoms with Crippen LogP contribution in [0.15, 0.2) is 176 Å². The molecule has 0 saturated carbocycles. The number of nitrogens with zero attached hydrogens (tertiary/aromatic N) is 3. The molecule has 0 radical (unpaired) electrons. The Morgan fingerprint density at radius 1 is 0.286 bits per heavy atom. The van der Waals surface area contributed by atoms with Crippen LogP contribution >= 0.6 is 11.3 Å². The minimum absolute atomic E-state index is 0.645. The fourth-order valence-electron chi connectivity index (χ4n) is 6.51. The molecule has 0 spiro atoms. The largest absolute Gasteiger partial charge is 0.208 e. The monoisotopic (exact) mass is 643 g/mol. The van der Waals surface area contributed by atoms with Crippen molar-refractivity contribution in [3.05, 3.63) is 176 Å². The predicted molar refractivity (Wildman–Crippen MR) is 205 cm³/mol. The summed E-state index contributed by atoms with van der Waals surface area (Å²) in [6, 6.07) is 61.5. The Balaban J connectivity index is 1.17. The van der Waals surface area contributed by atoms with Gasteiger partial charge in [-0.2, -0.15) is 0 Å². The van der Waals surface area contributed by atoms with Gasteiger partial charge in [0.1, 0.15) is 0 Å². The van der Waals surface area contributed by atoms with Crippen molar-refractivity contribution in [1.29, 1.82) is 0 Å². The van der Waals surface area contributed by atoms with E-state index in [0.29, 0.717) is 17.5 Å². The first kappa shape index (κ1) is 29.0. The van der Waals surface area contributed by atoms with Crippen LogP contribution in [-0.2, 0) is 0 Å². The van der Waals surface area contributed by atoms with E-state index in [1.165, 1.54) is 31.3 Å². The lowest BCUT2D eigenvalue weighted by Crippen LogP contribution is -2.01. The Morgan fingerprint density at radius 3 is 1.41 bits per heavy atom. The normalized spacial score (nSPS) is 11.3. The zero-order chi connectivity index (χ0) is 32.6. The average molecular weight is 644 g/mol. The summed E-state index contributed by atoms with van der Waals surface area (Å²) in [4.78, 5) is 15.5. The number of rotatable bonds is 6. The number of hydrogen-bond acceptors (Lipinski definition) is 4. The van der Waals surface area contributed by atoms with Crippen molar-refractivity contribution >= 4 is 31.5 Å².